The molecule has 25 heavy (non-hydrogen) atoms. The summed E-state index contributed by atoms with van der Waals surface area (Å²) in [6.45, 7) is 0. The van der Waals surface area contributed by atoms with Crippen molar-refractivity contribution in [1.82, 2.24) is 4.90 Å². The number of hydrogen-bond acceptors (Lipinski definition) is 4. The van der Waals surface area contributed by atoms with Gasteiger partial charge in [0.1, 0.15) is 5.75 Å². The Bertz CT molecular complexity index is 875. The molecule has 0 unspecified atom stereocenters. The predicted octanol–water partition coefficient (Wildman–Crippen LogP) is 4.48. The van der Waals surface area contributed by atoms with Crippen molar-refractivity contribution in [2.24, 2.45) is 4.99 Å². The Hall–Kier alpha value is -2.05. The zero-order valence-electron chi connectivity index (χ0n) is 13.5. The fourth-order valence-electron chi connectivity index (χ4n) is 2.92. The summed E-state index contributed by atoms with van der Waals surface area (Å²) in [5.41, 5.74) is 2.96. The molecule has 1 amide bonds. The monoisotopic (exact) mass is 414 g/mol. The van der Waals surface area contributed by atoms with Gasteiger partial charge in [0.15, 0.2) is 5.17 Å². The molecule has 0 radical (unpaired) electrons. The van der Waals surface area contributed by atoms with Crippen LogP contribution in [0.2, 0.25) is 0 Å². The van der Waals surface area contributed by atoms with E-state index in [4.69, 9.17) is 9.73 Å². The van der Waals surface area contributed by atoms with Crippen molar-refractivity contribution in [2.45, 2.75) is 6.04 Å². The summed E-state index contributed by atoms with van der Waals surface area (Å²) in [6.07, 6.45) is 2.05. The van der Waals surface area contributed by atoms with Gasteiger partial charge in [-0.3, -0.25) is 9.69 Å². The van der Waals surface area contributed by atoms with Crippen molar-refractivity contribution in [3.63, 3.8) is 0 Å². The molecule has 2 aromatic carbocycles. The van der Waals surface area contributed by atoms with E-state index in [2.05, 4.69) is 22.0 Å². The molecule has 1 fully saturated rings. The van der Waals surface area contributed by atoms with E-state index in [-0.39, 0.29) is 11.9 Å². The van der Waals surface area contributed by atoms with E-state index in [1.165, 1.54) is 11.8 Å². The molecule has 6 heteroatoms. The van der Waals surface area contributed by atoms with E-state index < -0.39 is 0 Å². The molecule has 126 valence electrons. The first-order chi connectivity index (χ1) is 12.2. The van der Waals surface area contributed by atoms with E-state index in [0.29, 0.717) is 5.75 Å². The molecule has 2 aliphatic heterocycles. The molecule has 1 saturated heterocycles. The molecule has 2 heterocycles. The van der Waals surface area contributed by atoms with Crippen LogP contribution in [0.1, 0.15) is 17.2 Å². The lowest BCUT2D eigenvalue weighted by atomic mass is 10.0. The Labute approximate surface area is 158 Å². The maximum absolute atomic E-state index is 12.4. The van der Waals surface area contributed by atoms with Gasteiger partial charge < -0.3 is 4.74 Å². The summed E-state index contributed by atoms with van der Waals surface area (Å²) in [6, 6.07) is 15.8. The van der Waals surface area contributed by atoms with Gasteiger partial charge in [-0.05, 0) is 48.0 Å². The first-order valence-electron chi connectivity index (χ1n) is 7.81. The van der Waals surface area contributed by atoms with E-state index in [1.54, 1.807) is 12.0 Å². The lowest BCUT2D eigenvalue weighted by Crippen LogP contribution is -2.34. The zero-order valence-corrected chi connectivity index (χ0v) is 15.9. The van der Waals surface area contributed by atoms with Gasteiger partial charge >= 0.3 is 0 Å². The summed E-state index contributed by atoms with van der Waals surface area (Å²) in [4.78, 5) is 18.9. The minimum Gasteiger partial charge on any atom is -0.497 e. The number of ether oxygens (including phenoxy) is 1. The molecule has 0 N–H and O–H groups in total. The van der Waals surface area contributed by atoms with Gasteiger partial charge in [-0.2, -0.15) is 0 Å². The van der Waals surface area contributed by atoms with Gasteiger partial charge in [-0.1, -0.05) is 39.8 Å². The second-order valence-corrected chi connectivity index (χ2v) is 7.58. The van der Waals surface area contributed by atoms with Crippen molar-refractivity contribution in [3.05, 3.63) is 70.2 Å². The SMILES string of the molecule is COc1ccc(C2=C[C@@H](c3ccc(Br)cc3)N3C(=O)CSC3=N2)cc1. The number of fused-ring (bicyclic) bond motifs is 1. The summed E-state index contributed by atoms with van der Waals surface area (Å²) in [5.74, 6) is 1.35. The molecule has 2 aliphatic rings. The third kappa shape index (κ3) is 3.12. The van der Waals surface area contributed by atoms with Crippen LogP contribution < -0.4 is 4.74 Å². The molecular weight excluding hydrogens is 400 g/mol. The smallest absolute Gasteiger partial charge is 0.239 e. The first-order valence-corrected chi connectivity index (χ1v) is 9.59. The van der Waals surface area contributed by atoms with Crippen molar-refractivity contribution in [2.75, 3.05) is 12.9 Å². The fourth-order valence-corrected chi connectivity index (χ4v) is 4.10. The fraction of sp³-hybridized carbons (Fsp3) is 0.158. The standard InChI is InChI=1S/C19H15BrN2O2S/c1-24-15-8-4-12(5-9-15)16-10-17(13-2-6-14(20)7-3-13)22-18(23)11-25-19(22)21-16/h2-10,17H,11H2,1H3/t17-/m0/s1. The first kappa shape index (κ1) is 16.4. The van der Waals surface area contributed by atoms with Gasteiger partial charge in [-0.25, -0.2) is 4.99 Å². The Morgan fingerprint density at radius 2 is 1.88 bits per heavy atom. The number of carbonyl (C=O) groups excluding carboxylic acids is 1. The third-order valence-corrected chi connectivity index (χ3v) is 5.67. The number of methoxy groups -OCH3 is 1. The van der Waals surface area contributed by atoms with Gasteiger partial charge in [-0.15, -0.1) is 0 Å². The Kier molecular flexibility index (Phi) is 4.39. The molecule has 4 nitrogen and oxygen atoms in total. The highest BCUT2D eigenvalue weighted by atomic mass is 79.9. The molecule has 0 aliphatic carbocycles. The van der Waals surface area contributed by atoms with Crippen LogP contribution in [0, 0.1) is 0 Å². The third-order valence-electron chi connectivity index (χ3n) is 4.21. The average Bonchev–Trinajstić information content (AvgIpc) is 3.03. The van der Waals surface area contributed by atoms with E-state index in [9.17, 15) is 4.79 Å². The van der Waals surface area contributed by atoms with Crippen LogP contribution in [0.4, 0.5) is 0 Å². The largest absolute Gasteiger partial charge is 0.497 e. The molecule has 0 aromatic heterocycles. The molecule has 1 atom stereocenters. The van der Waals surface area contributed by atoms with Crippen LogP contribution in [0.15, 0.2) is 64.1 Å². The number of hydrogen-bond donors (Lipinski definition) is 0. The number of amidine groups is 1. The van der Waals surface area contributed by atoms with Crippen LogP contribution in [0.5, 0.6) is 5.75 Å². The van der Waals surface area contributed by atoms with Gasteiger partial charge in [0.2, 0.25) is 5.91 Å². The lowest BCUT2D eigenvalue weighted by Gasteiger charge is -2.29. The highest BCUT2D eigenvalue weighted by Gasteiger charge is 2.37. The van der Waals surface area contributed by atoms with E-state index >= 15 is 0 Å². The van der Waals surface area contributed by atoms with Gasteiger partial charge in [0.05, 0.1) is 24.6 Å². The number of halogens is 1. The summed E-state index contributed by atoms with van der Waals surface area (Å²) < 4.78 is 6.24. The summed E-state index contributed by atoms with van der Waals surface area (Å²) in [7, 11) is 1.65. The van der Waals surface area contributed by atoms with Crippen LogP contribution in [0.25, 0.3) is 5.70 Å². The second-order valence-electron chi connectivity index (χ2n) is 5.72. The molecule has 0 saturated carbocycles. The maximum atomic E-state index is 12.4. The van der Waals surface area contributed by atoms with Crippen LogP contribution in [-0.4, -0.2) is 28.8 Å². The molecular formula is C19H15BrN2O2S. The van der Waals surface area contributed by atoms with Gasteiger partial charge in [0.25, 0.3) is 0 Å². The second kappa shape index (κ2) is 6.69. The number of aliphatic imine (C=N–C) groups is 1. The number of thioether (sulfide) groups is 1. The summed E-state index contributed by atoms with van der Waals surface area (Å²) in [5, 5.41) is 0.770. The molecule has 0 bridgehead atoms. The minimum atomic E-state index is -0.139. The Balaban J connectivity index is 1.77. The Morgan fingerprint density at radius 3 is 2.56 bits per heavy atom. The van der Waals surface area contributed by atoms with Crippen molar-refractivity contribution in [1.29, 1.82) is 0 Å². The topological polar surface area (TPSA) is 41.9 Å². The normalized spacial score (nSPS) is 19.4. The molecule has 0 spiro atoms. The maximum Gasteiger partial charge on any atom is 0.239 e. The number of nitrogens with zero attached hydrogens (tertiary/aromatic N) is 2. The molecule has 4 rings (SSSR count). The summed E-state index contributed by atoms with van der Waals surface area (Å²) >= 11 is 4.96. The Morgan fingerprint density at radius 1 is 1.16 bits per heavy atom. The van der Waals surface area contributed by atoms with Crippen molar-refractivity contribution < 1.29 is 9.53 Å². The van der Waals surface area contributed by atoms with Crippen LogP contribution in [-0.2, 0) is 4.79 Å². The van der Waals surface area contributed by atoms with Crippen molar-refractivity contribution >= 4 is 44.5 Å². The molecule has 2 aromatic rings. The van der Waals surface area contributed by atoms with E-state index in [1.807, 2.05) is 48.5 Å². The van der Waals surface area contributed by atoms with Gasteiger partial charge in [0, 0.05) is 10.0 Å². The zero-order chi connectivity index (χ0) is 17.4. The van der Waals surface area contributed by atoms with Crippen LogP contribution in [0.3, 0.4) is 0 Å². The highest BCUT2D eigenvalue weighted by molar-refractivity contribution is 9.10. The van der Waals surface area contributed by atoms with Crippen molar-refractivity contribution in [3.8, 4) is 5.75 Å². The number of carbonyl (C=O) groups is 1. The van der Waals surface area contributed by atoms with Crippen LogP contribution >= 0.6 is 27.7 Å². The van der Waals surface area contributed by atoms with E-state index in [0.717, 1.165) is 32.2 Å². The average molecular weight is 415 g/mol. The number of benzene rings is 2. The number of rotatable bonds is 3. The minimum absolute atomic E-state index is 0.0988. The number of amides is 1. The highest BCUT2D eigenvalue weighted by Crippen LogP contribution is 2.38. The predicted molar refractivity (Wildman–Crippen MR) is 105 cm³/mol. The quantitative estimate of drug-likeness (QED) is 0.742. The lowest BCUT2D eigenvalue weighted by molar-refractivity contribution is -0.125.